The Bertz CT molecular complexity index is 1170. The molecule has 8 nitrogen and oxygen atoms in total. The highest BCUT2D eigenvalue weighted by Gasteiger charge is 2.33. The van der Waals surface area contributed by atoms with E-state index in [-0.39, 0.29) is 34.7 Å². The molecule has 1 atom stereocenters. The molecule has 1 saturated heterocycles. The fraction of sp³-hybridized carbons (Fsp3) is 0.273. The van der Waals surface area contributed by atoms with Crippen molar-refractivity contribution >= 4 is 23.6 Å². The Morgan fingerprint density at radius 2 is 1.79 bits per heavy atom. The highest BCUT2D eigenvalue weighted by molar-refractivity contribution is 8.00. The van der Waals surface area contributed by atoms with Crippen LogP contribution in [0, 0.1) is 5.82 Å². The van der Waals surface area contributed by atoms with Crippen molar-refractivity contribution in [2.45, 2.75) is 36.3 Å². The number of halogens is 3. The van der Waals surface area contributed by atoms with Gasteiger partial charge in [-0.15, -0.1) is 10.2 Å². The number of aromatic nitrogens is 3. The second-order valence-electron chi connectivity index (χ2n) is 7.48. The van der Waals surface area contributed by atoms with Crippen LogP contribution in [-0.4, -0.2) is 50.0 Å². The highest BCUT2D eigenvalue weighted by Crippen LogP contribution is 2.31. The Kier molecular flexibility index (Phi) is 7.06. The maximum absolute atomic E-state index is 13.2. The van der Waals surface area contributed by atoms with Gasteiger partial charge in [-0.05, 0) is 61.4 Å². The van der Waals surface area contributed by atoms with Gasteiger partial charge in [0.05, 0.1) is 5.25 Å². The zero-order chi connectivity index (χ0) is 24.2. The zero-order valence-corrected chi connectivity index (χ0v) is 18.6. The van der Waals surface area contributed by atoms with Crippen LogP contribution in [0.15, 0.2) is 53.7 Å². The molecule has 12 heteroatoms. The molecule has 1 aliphatic rings. The summed E-state index contributed by atoms with van der Waals surface area (Å²) >= 11 is 1.10. The highest BCUT2D eigenvalue weighted by atomic mass is 32.2. The van der Waals surface area contributed by atoms with E-state index in [0.717, 1.165) is 11.8 Å². The second kappa shape index (κ2) is 10.2. The summed E-state index contributed by atoms with van der Waals surface area (Å²) in [4.78, 5) is 27.2. The first-order valence-electron chi connectivity index (χ1n) is 10.4. The minimum absolute atomic E-state index is 0.00796. The van der Waals surface area contributed by atoms with Crippen molar-refractivity contribution in [1.29, 1.82) is 0 Å². The fourth-order valence-corrected chi connectivity index (χ4v) is 4.59. The SMILES string of the molecule is Nn1c(SC2CCCCN(C(=O)c3ccc(F)cc3)C2=O)nnc1-c1ccc(OC(F)F)cc1. The first-order chi connectivity index (χ1) is 16.3. The van der Waals surface area contributed by atoms with Crippen molar-refractivity contribution in [2.24, 2.45) is 0 Å². The van der Waals surface area contributed by atoms with Crippen molar-refractivity contribution in [3.8, 4) is 17.1 Å². The van der Waals surface area contributed by atoms with Crippen LogP contribution < -0.4 is 10.6 Å². The van der Waals surface area contributed by atoms with Gasteiger partial charge in [-0.3, -0.25) is 14.5 Å². The zero-order valence-electron chi connectivity index (χ0n) is 17.7. The van der Waals surface area contributed by atoms with Gasteiger partial charge in [-0.2, -0.15) is 8.78 Å². The monoisotopic (exact) mass is 491 g/mol. The normalized spacial score (nSPS) is 16.5. The lowest BCUT2D eigenvalue weighted by atomic mass is 10.2. The second-order valence-corrected chi connectivity index (χ2v) is 8.65. The summed E-state index contributed by atoms with van der Waals surface area (Å²) in [5, 5.41) is 7.76. The number of alkyl halides is 2. The number of ether oxygens (including phenoxy) is 1. The largest absolute Gasteiger partial charge is 0.435 e. The Morgan fingerprint density at radius 1 is 1.09 bits per heavy atom. The molecule has 178 valence electrons. The van der Waals surface area contributed by atoms with Gasteiger partial charge in [0.1, 0.15) is 11.6 Å². The molecule has 1 aliphatic heterocycles. The van der Waals surface area contributed by atoms with Crippen LogP contribution in [0.4, 0.5) is 13.2 Å². The molecule has 0 saturated carbocycles. The minimum Gasteiger partial charge on any atom is -0.435 e. The van der Waals surface area contributed by atoms with Crippen LogP contribution in [-0.2, 0) is 4.79 Å². The molecule has 34 heavy (non-hydrogen) atoms. The summed E-state index contributed by atoms with van der Waals surface area (Å²) in [5.74, 6) is 5.07. The predicted octanol–water partition coefficient (Wildman–Crippen LogP) is 3.71. The van der Waals surface area contributed by atoms with Gasteiger partial charge >= 0.3 is 6.61 Å². The van der Waals surface area contributed by atoms with Crippen LogP contribution >= 0.6 is 11.8 Å². The lowest BCUT2D eigenvalue weighted by molar-refractivity contribution is -0.127. The topological polar surface area (TPSA) is 103 Å². The summed E-state index contributed by atoms with van der Waals surface area (Å²) in [6.45, 7) is -2.67. The number of hydrogen-bond acceptors (Lipinski definition) is 7. The number of nitrogens with zero attached hydrogens (tertiary/aromatic N) is 4. The molecule has 1 aromatic heterocycles. The Morgan fingerprint density at radius 3 is 2.47 bits per heavy atom. The average Bonchev–Trinajstić information content (AvgIpc) is 3.07. The minimum atomic E-state index is -2.93. The number of rotatable bonds is 6. The van der Waals surface area contributed by atoms with Gasteiger partial charge in [0, 0.05) is 17.7 Å². The summed E-state index contributed by atoms with van der Waals surface area (Å²) in [6, 6.07) is 10.8. The maximum Gasteiger partial charge on any atom is 0.387 e. The third-order valence-corrected chi connectivity index (χ3v) is 6.44. The van der Waals surface area contributed by atoms with Gasteiger partial charge in [-0.25, -0.2) is 9.07 Å². The Labute approximate surface area is 196 Å². The van der Waals surface area contributed by atoms with Crippen LogP contribution in [0.2, 0.25) is 0 Å². The van der Waals surface area contributed by atoms with Crippen molar-refractivity contribution < 1.29 is 27.5 Å². The molecule has 0 spiro atoms. The Hall–Kier alpha value is -3.54. The number of hydrogen-bond donors (Lipinski definition) is 1. The van der Waals surface area contributed by atoms with Crippen molar-refractivity contribution in [3.63, 3.8) is 0 Å². The molecule has 1 fully saturated rings. The van der Waals surface area contributed by atoms with E-state index in [4.69, 9.17) is 5.84 Å². The molecule has 3 aromatic rings. The first-order valence-corrected chi connectivity index (χ1v) is 11.2. The van der Waals surface area contributed by atoms with E-state index in [2.05, 4.69) is 14.9 Å². The third kappa shape index (κ3) is 5.16. The van der Waals surface area contributed by atoms with Gasteiger partial charge in [0.2, 0.25) is 11.1 Å². The smallest absolute Gasteiger partial charge is 0.387 e. The number of imide groups is 1. The van der Waals surface area contributed by atoms with E-state index in [1.54, 1.807) is 0 Å². The van der Waals surface area contributed by atoms with Gasteiger partial charge < -0.3 is 10.6 Å². The number of nitrogens with two attached hydrogens (primary N) is 1. The summed E-state index contributed by atoms with van der Waals surface area (Å²) in [5.41, 5.74) is 0.743. The number of amides is 2. The number of carbonyl (C=O) groups excluding carboxylic acids is 2. The fourth-order valence-electron chi connectivity index (χ4n) is 3.53. The van der Waals surface area contributed by atoms with Crippen molar-refractivity contribution in [2.75, 3.05) is 12.4 Å². The molecule has 2 N–H and O–H groups in total. The summed E-state index contributed by atoms with van der Waals surface area (Å²) in [6.07, 6.45) is 1.87. The van der Waals surface area contributed by atoms with Gasteiger partial charge in [0.25, 0.3) is 5.91 Å². The summed E-state index contributed by atoms with van der Waals surface area (Å²) in [7, 11) is 0. The van der Waals surface area contributed by atoms with Crippen molar-refractivity contribution in [1.82, 2.24) is 19.8 Å². The van der Waals surface area contributed by atoms with Crippen molar-refractivity contribution in [3.05, 3.63) is 59.9 Å². The molecule has 2 aromatic carbocycles. The average molecular weight is 491 g/mol. The quantitative estimate of drug-likeness (QED) is 0.414. The van der Waals surface area contributed by atoms with E-state index < -0.39 is 23.6 Å². The van der Waals surface area contributed by atoms with E-state index in [1.807, 2.05) is 0 Å². The maximum atomic E-state index is 13.2. The molecular weight excluding hydrogens is 471 g/mol. The predicted molar refractivity (Wildman–Crippen MR) is 118 cm³/mol. The molecular formula is C22H20F3N5O3S. The van der Waals surface area contributed by atoms with Crippen LogP contribution in [0.25, 0.3) is 11.4 Å². The number of thioether (sulfide) groups is 1. The van der Waals surface area contributed by atoms with Crippen LogP contribution in [0.3, 0.4) is 0 Å². The number of nitrogen functional groups attached to an aromatic ring is 1. The molecule has 4 rings (SSSR count). The summed E-state index contributed by atoms with van der Waals surface area (Å²) < 4.78 is 43.4. The molecule has 2 heterocycles. The molecule has 1 unspecified atom stereocenters. The molecule has 2 amide bonds. The first kappa shape index (κ1) is 23.6. The molecule has 0 aliphatic carbocycles. The standard InChI is InChI=1S/C22H20F3N5O3S/c23-15-8-4-14(5-9-15)19(31)29-12-2-1-3-17(20(29)32)34-22-28-27-18(30(22)26)13-6-10-16(11-7-13)33-21(24)25/h4-11,17,21H,1-3,12,26H2. The third-order valence-electron chi connectivity index (χ3n) is 5.23. The van der Waals surface area contributed by atoms with E-state index in [0.29, 0.717) is 24.8 Å². The number of likely N-dealkylation sites (tertiary alicyclic amines) is 1. The van der Waals surface area contributed by atoms with Crippen LogP contribution in [0.5, 0.6) is 5.75 Å². The number of carbonyl (C=O) groups is 2. The molecule has 0 bridgehead atoms. The lowest BCUT2D eigenvalue weighted by Crippen LogP contribution is -2.41. The van der Waals surface area contributed by atoms with Gasteiger partial charge in [-0.1, -0.05) is 18.2 Å². The van der Waals surface area contributed by atoms with Crippen LogP contribution in [0.1, 0.15) is 29.6 Å². The van der Waals surface area contributed by atoms with E-state index in [1.165, 1.54) is 58.1 Å². The number of benzene rings is 2. The Balaban J connectivity index is 1.50. The van der Waals surface area contributed by atoms with Gasteiger partial charge in [0.15, 0.2) is 5.82 Å². The van der Waals surface area contributed by atoms with E-state index >= 15 is 0 Å². The van der Waals surface area contributed by atoms with E-state index in [9.17, 15) is 22.8 Å². The lowest BCUT2D eigenvalue weighted by Gasteiger charge is -2.22. The molecule has 0 radical (unpaired) electrons.